The Kier molecular flexibility index (Phi) is 3.90. The lowest BCUT2D eigenvalue weighted by atomic mass is 10.1. The number of likely N-dealkylation sites (tertiary alicyclic amines) is 1. The summed E-state index contributed by atoms with van der Waals surface area (Å²) in [5, 5.41) is 0. The lowest BCUT2D eigenvalue weighted by Gasteiger charge is -2.22. The van der Waals surface area contributed by atoms with Crippen molar-refractivity contribution in [3.05, 3.63) is 33.8 Å². The molecule has 1 amide bonds. The third kappa shape index (κ3) is 2.94. The van der Waals surface area contributed by atoms with Crippen molar-refractivity contribution < 1.29 is 18.0 Å². The summed E-state index contributed by atoms with van der Waals surface area (Å²) in [6.07, 6.45) is -2.65. The Balaban J connectivity index is 2.36. The molecular weight excluding hydrogens is 323 g/mol. The lowest BCUT2D eigenvalue weighted by Crippen LogP contribution is -2.34. The van der Waals surface area contributed by atoms with E-state index in [0.29, 0.717) is 11.0 Å². The highest BCUT2D eigenvalue weighted by atomic mass is 79.9. The van der Waals surface area contributed by atoms with Gasteiger partial charge in [0.05, 0.1) is 11.1 Å². The topological polar surface area (TPSA) is 20.3 Å². The third-order valence-electron chi connectivity index (χ3n) is 3.34. The van der Waals surface area contributed by atoms with Gasteiger partial charge >= 0.3 is 6.18 Å². The predicted molar refractivity (Wildman–Crippen MR) is 68.9 cm³/mol. The van der Waals surface area contributed by atoms with E-state index >= 15 is 0 Å². The fraction of sp³-hybridized carbons (Fsp3) is 0.462. The second kappa shape index (κ2) is 5.15. The Morgan fingerprint density at radius 1 is 1.42 bits per heavy atom. The van der Waals surface area contributed by atoms with Crippen LogP contribution in [0.25, 0.3) is 0 Å². The van der Waals surface area contributed by atoms with Crippen LogP contribution in [0.5, 0.6) is 0 Å². The number of carbonyl (C=O) groups excluding carboxylic acids is 1. The van der Waals surface area contributed by atoms with E-state index in [1.54, 1.807) is 4.90 Å². The van der Waals surface area contributed by atoms with Gasteiger partial charge in [-0.2, -0.15) is 13.2 Å². The number of nitrogens with zero attached hydrogens (tertiary/aromatic N) is 1. The van der Waals surface area contributed by atoms with Gasteiger partial charge in [-0.25, -0.2) is 0 Å². The number of halogens is 4. The van der Waals surface area contributed by atoms with Crippen LogP contribution < -0.4 is 0 Å². The molecule has 0 aromatic heterocycles. The van der Waals surface area contributed by atoms with Crippen molar-refractivity contribution in [3.63, 3.8) is 0 Å². The first kappa shape index (κ1) is 14.4. The molecule has 104 valence electrons. The normalized spacial score (nSPS) is 19.8. The zero-order valence-corrected chi connectivity index (χ0v) is 11.9. The van der Waals surface area contributed by atoms with Gasteiger partial charge in [0.2, 0.25) is 0 Å². The summed E-state index contributed by atoms with van der Waals surface area (Å²) in [6.45, 7) is 2.51. The van der Waals surface area contributed by atoms with E-state index in [4.69, 9.17) is 0 Å². The van der Waals surface area contributed by atoms with Crippen molar-refractivity contribution in [3.8, 4) is 0 Å². The Labute approximate surface area is 117 Å². The number of hydrogen-bond acceptors (Lipinski definition) is 1. The Bertz CT molecular complexity index is 501. The molecule has 2 nitrogen and oxygen atoms in total. The Morgan fingerprint density at radius 3 is 2.63 bits per heavy atom. The fourth-order valence-corrected chi connectivity index (χ4v) is 2.67. The summed E-state index contributed by atoms with van der Waals surface area (Å²) < 4.78 is 38.4. The molecule has 1 heterocycles. The molecule has 0 radical (unpaired) electrons. The minimum atomic E-state index is -4.44. The van der Waals surface area contributed by atoms with Crippen LogP contribution in [-0.2, 0) is 6.18 Å². The summed E-state index contributed by atoms with van der Waals surface area (Å²) in [7, 11) is 0. The van der Waals surface area contributed by atoms with Crippen molar-refractivity contribution in [1.82, 2.24) is 4.90 Å². The molecule has 1 atom stereocenters. The molecule has 6 heteroatoms. The van der Waals surface area contributed by atoms with Gasteiger partial charge in [0, 0.05) is 17.1 Å². The van der Waals surface area contributed by atoms with Crippen LogP contribution in [0.15, 0.2) is 22.7 Å². The summed E-state index contributed by atoms with van der Waals surface area (Å²) in [5.74, 6) is -0.344. The van der Waals surface area contributed by atoms with Crippen molar-refractivity contribution in [2.75, 3.05) is 6.54 Å². The first-order valence-corrected chi connectivity index (χ1v) is 6.77. The number of hydrogen-bond donors (Lipinski definition) is 0. The van der Waals surface area contributed by atoms with E-state index in [1.807, 2.05) is 6.92 Å². The molecule has 1 aromatic rings. The molecule has 0 saturated carbocycles. The molecule has 1 saturated heterocycles. The first-order chi connectivity index (χ1) is 8.80. The average molecular weight is 336 g/mol. The van der Waals surface area contributed by atoms with Crippen molar-refractivity contribution in [2.45, 2.75) is 32.0 Å². The van der Waals surface area contributed by atoms with Crippen LogP contribution >= 0.6 is 15.9 Å². The smallest absolute Gasteiger partial charge is 0.336 e. The summed E-state index contributed by atoms with van der Waals surface area (Å²) in [6, 6.07) is 3.23. The van der Waals surface area contributed by atoms with Gasteiger partial charge in [-0.15, -0.1) is 0 Å². The van der Waals surface area contributed by atoms with Gasteiger partial charge in [-0.1, -0.05) is 0 Å². The molecule has 0 spiro atoms. The van der Waals surface area contributed by atoms with Crippen molar-refractivity contribution in [1.29, 1.82) is 0 Å². The molecule has 0 N–H and O–H groups in total. The highest BCUT2D eigenvalue weighted by Gasteiger charge is 2.33. The Morgan fingerprint density at radius 2 is 2.11 bits per heavy atom. The maximum Gasteiger partial charge on any atom is 0.416 e. The average Bonchev–Trinajstić information content (AvgIpc) is 2.73. The molecule has 1 aromatic carbocycles. The van der Waals surface area contributed by atoms with Crippen LogP contribution in [0.4, 0.5) is 13.2 Å². The third-order valence-corrected chi connectivity index (χ3v) is 4.03. The van der Waals surface area contributed by atoms with Gasteiger partial charge in [0.1, 0.15) is 0 Å². The van der Waals surface area contributed by atoms with E-state index in [2.05, 4.69) is 15.9 Å². The van der Waals surface area contributed by atoms with Gasteiger partial charge in [-0.05, 0) is 53.9 Å². The minimum absolute atomic E-state index is 0.0728. The monoisotopic (exact) mass is 335 g/mol. The quantitative estimate of drug-likeness (QED) is 0.756. The lowest BCUT2D eigenvalue weighted by molar-refractivity contribution is -0.137. The van der Waals surface area contributed by atoms with Crippen molar-refractivity contribution >= 4 is 21.8 Å². The van der Waals surface area contributed by atoms with Crippen LogP contribution in [0, 0.1) is 0 Å². The number of amides is 1. The molecule has 1 aliphatic heterocycles. The van der Waals surface area contributed by atoms with Gasteiger partial charge in [-0.3, -0.25) is 4.79 Å². The van der Waals surface area contributed by atoms with Crippen LogP contribution in [0.1, 0.15) is 35.7 Å². The zero-order valence-electron chi connectivity index (χ0n) is 10.3. The standard InChI is InChI=1S/C13H13BrF3NO/c1-8-3-2-6-18(8)12(19)10-7-9(13(15,16)17)4-5-11(10)14/h4-5,7-8H,2-3,6H2,1H3. The van der Waals surface area contributed by atoms with Crippen LogP contribution in [0.3, 0.4) is 0 Å². The van der Waals surface area contributed by atoms with Crippen LogP contribution in [0.2, 0.25) is 0 Å². The first-order valence-electron chi connectivity index (χ1n) is 5.98. The zero-order chi connectivity index (χ0) is 14.2. The number of benzene rings is 1. The number of carbonyl (C=O) groups is 1. The second-order valence-corrected chi connectivity index (χ2v) is 5.54. The molecule has 1 unspecified atom stereocenters. The molecule has 1 aliphatic rings. The molecular formula is C13H13BrF3NO. The summed E-state index contributed by atoms with van der Waals surface area (Å²) >= 11 is 3.15. The molecule has 0 bridgehead atoms. The SMILES string of the molecule is CC1CCCN1C(=O)c1cc(C(F)(F)F)ccc1Br. The largest absolute Gasteiger partial charge is 0.416 e. The predicted octanol–water partition coefficient (Wildman–Crippen LogP) is 4.09. The van der Waals surface area contributed by atoms with Gasteiger partial charge < -0.3 is 4.90 Å². The highest BCUT2D eigenvalue weighted by molar-refractivity contribution is 9.10. The highest BCUT2D eigenvalue weighted by Crippen LogP contribution is 2.33. The van der Waals surface area contributed by atoms with Gasteiger partial charge in [0.25, 0.3) is 5.91 Å². The Hall–Kier alpha value is -1.04. The summed E-state index contributed by atoms with van der Waals surface area (Å²) in [4.78, 5) is 13.9. The fourth-order valence-electron chi connectivity index (χ4n) is 2.26. The van der Waals surface area contributed by atoms with Crippen molar-refractivity contribution in [2.24, 2.45) is 0 Å². The van der Waals surface area contributed by atoms with Crippen LogP contribution in [-0.4, -0.2) is 23.4 Å². The van der Waals surface area contributed by atoms with E-state index in [9.17, 15) is 18.0 Å². The maximum absolute atomic E-state index is 12.7. The number of alkyl halides is 3. The maximum atomic E-state index is 12.7. The molecule has 19 heavy (non-hydrogen) atoms. The second-order valence-electron chi connectivity index (χ2n) is 4.68. The van der Waals surface area contributed by atoms with E-state index in [-0.39, 0.29) is 17.5 Å². The van der Waals surface area contributed by atoms with E-state index in [1.165, 1.54) is 6.07 Å². The van der Waals surface area contributed by atoms with Gasteiger partial charge in [0.15, 0.2) is 0 Å². The molecule has 2 rings (SSSR count). The molecule has 0 aliphatic carbocycles. The summed E-state index contributed by atoms with van der Waals surface area (Å²) in [5.41, 5.74) is -0.727. The molecule has 1 fully saturated rings. The minimum Gasteiger partial charge on any atom is -0.336 e. The number of rotatable bonds is 1. The van der Waals surface area contributed by atoms with E-state index in [0.717, 1.165) is 25.0 Å². The van der Waals surface area contributed by atoms with E-state index < -0.39 is 11.7 Å².